The number of amides is 1. The van der Waals surface area contributed by atoms with Crippen molar-refractivity contribution in [2.75, 3.05) is 0 Å². The maximum atomic E-state index is 13.6. The summed E-state index contributed by atoms with van der Waals surface area (Å²) in [5, 5.41) is 11.7. The first-order chi connectivity index (χ1) is 11.9. The Morgan fingerprint density at radius 2 is 1.88 bits per heavy atom. The van der Waals surface area contributed by atoms with Crippen LogP contribution in [0.2, 0.25) is 0 Å². The minimum absolute atomic E-state index is 0.0159. The van der Waals surface area contributed by atoms with Crippen LogP contribution in [-0.4, -0.2) is 23.0 Å². The number of halogens is 2. The minimum atomic E-state index is -1.34. The fourth-order valence-electron chi connectivity index (χ4n) is 3.07. The van der Waals surface area contributed by atoms with Crippen LogP contribution in [0.15, 0.2) is 42.5 Å². The average molecular weight is 345 g/mol. The zero-order valence-electron chi connectivity index (χ0n) is 13.3. The molecule has 3 rings (SSSR count). The van der Waals surface area contributed by atoms with Gasteiger partial charge in [0.2, 0.25) is 5.91 Å². The lowest BCUT2D eigenvalue weighted by Crippen LogP contribution is -2.44. The molecule has 2 aromatic rings. The van der Waals surface area contributed by atoms with Crippen LogP contribution in [0.1, 0.15) is 40.2 Å². The standard InChI is InChI=1S/C19H17F2NO3/c20-14-3-1-2-12(8-14)13-9-15(10-13)22-18(23)7-11-4-5-16(19(24)25)17(21)6-11/h1-6,8,13,15H,7,9-10H2,(H,22,23)(H,24,25). The molecule has 1 aliphatic rings. The van der Waals surface area contributed by atoms with E-state index in [2.05, 4.69) is 5.32 Å². The van der Waals surface area contributed by atoms with Gasteiger partial charge in [-0.2, -0.15) is 0 Å². The van der Waals surface area contributed by atoms with E-state index in [1.54, 1.807) is 6.07 Å². The van der Waals surface area contributed by atoms with Crippen molar-refractivity contribution in [1.29, 1.82) is 0 Å². The lowest BCUT2D eigenvalue weighted by atomic mass is 9.76. The van der Waals surface area contributed by atoms with Gasteiger partial charge >= 0.3 is 5.97 Å². The van der Waals surface area contributed by atoms with E-state index in [1.165, 1.54) is 18.2 Å². The molecule has 0 radical (unpaired) electrons. The number of nitrogens with one attached hydrogen (secondary N) is 1. The fourth-order valence-corrected chi connectivity index (χ4v) is 3.07. The Morgan fingerprint density at radius 1 is 1.12 bits per heavy atom. The van der Waals surface area contributed by atoms with Crippen molar-refractivity contribution in [3.8, 4) is 0 Å². The molecule has 0 spiro atoms. The highest BCUT2D eigenvalue weighted by atomic mass is 19.1. The van der Waals surface area contributed by atoms with E-state index in [0.29, 0.717) is 5.56 Å². The summed E-state index contributed by atoms with van der Waals surface area (Å²) in [6.45, 7) is 0. The van der Waals surface area contributed by atoms with E-state index in [0.717, 1.165) is 30.5 Å². The summed E-state index contributed by atoms with van der Waals surface area (Å²) >= 11 is 0. The number of aromatic carboxylic acids is 1. The van der Waals surface area contributed by atoms with Gasteiger partial charge in [-0.25, -0.2) is 13.6 Å². The summed E-state index contributed by atoms with van der Waals surface area (Å²) in [4.78, 5) is 22.8. The molecule has 130 valence electrons. The van der Waals surface area contributed by atoms with Crippen molar-refractivity contribution in [3.05, 3.63) is 70.8 Å². The van der Waals surface area contributed by atoms with Crippen LogP contribution in [0.3, 0.4) is 0 Å². The summed E-state index contributed by atoms with van der Waals surface area (Å²) < 4.78 is 26.8. The molecule has 2 N–H and O–H groups in total. The molecular formula is C19H17F2NO3. The molecule has 0 saturated heterocycles. The van der Waals surface area contributed by atoms with Crippen LogP contribution in [0.25, 0.3) is 0 Å². The molecule has 25 heavy (non-hydrogen) atoms. The van der Waals surface area contributed by atoms with Crippen LogP contribution >= 0.6 is 0 Å². The first-order valence-corrected chi connectivity index (χ1v) is 7.99. The van der Waals surface area contributed by atoms with E-state index in [-0.39, 0.29) is 30.1 Å². The van der Waals surface area contributed by atoms with E-state index < -0.39 is 17.3 Å². The number of carbonyl (C=O) groups is 2. The molecule has 6 heteroatoms. The molecule has 4 nitrogen and oxygen atoms in total. The van der Waals surface area contributed by atoms with Crippen molar-refractivity contribution < 1.29 is 23.5 Å². The van der Waals surface area contributed by atoms with E-state index in [9.17, 15) is 18.4 Å². The van der Waals surface area contributed by atoms with Gasteiger partial charge in [-0.05, 0) is 54.2 Å². The molecule has 0 heterocycles. The second kappa shape index (κ2) is 7.01. The summed E-state index contributed by atoms with van der Waals surface area (Å²) in [5.74, 6) is -2.48. The van der Waals surface area contributed by atoms with E-state index in [4.69, 9.17) is 5.11 Å². The van der Waals surface area contributed by atoms with E-state index >= 15 is 0 Å². The summed E-state index contributed by atoms with van der Waals surface area (Å²) in [5.41, 5.74) is 0.930. The van der Waals surface area contributed by atoms with Gasteiger partial charge in [0.05, 0.1) is 12.0 Å². The molecule has 0 atom stereocenters. The van der Waals surface area contributed by atoms with Crippen LogP contribution in [0.5, 0.6) is 0 Å². The van der Waals surface area contributed by atoms with Crippen molar-refractivity contribution in [2.45, 2.75) is 31.2 Å². The Morgan fingerprint density at radius 3 is 2.52 bits per heavy atom. The lowest BCUT2D eigenvalue weighted by molar-refractivity contribution is -0.121. The molecule has 2 aromatic carbocycles. The number of hydrogen-bond donors (Lipinski definition) is 2. The van der Waals surface area contributed by atoms with Gasteiger partial charge in [0.1, 0.15) is 11.6 Å². The zero-order valence-corrected chi connectivity index (χ0v) is 13.3. The molecule has 1 amide bonds. The smallest absolute Gasteiger partial charge is 0.338 e. The SMILES string of the molecule is O=C(Cc1ccc(C(=O)O)c(F)c1)NC1CC(c2cccc(F)c2)C1. The number of rotatable bonds is 5. The highest BCUT2D eigenvalue weighted by Crippen LogP contribution is 2.37. The Kier molecular flexibility index (Phi) is 4.79. The number of carboxylic acids is 1. The normalized spacial score (nSPS) is 19.1. The second-order valence-corrected chi connectivity index (χ2v) is 6.28. The maximum Gasteiger partial charge on any atom is 0.338 e. The first-order valence-electron chi connectivity index (χ1n) is 7.99. The monoisotopic (exact) mass is 345 g/mol. The van der Waals surface area contributed by atoms with Crippen LogP contribution in [0, 0.1) is 11.6 Å². The quantitative estimate of drug-likeness (QED) is 0.874. The minimum Gasteiger partial charge on any atom is -0.478 e. The average Bonchev–Trinajstić information content (AvgIpc) is 2.50. The maximum absolute atomic E-state index is 13.6. The molecule has 0 unspecified atom stereocenters. The number of carboxylic acid groups (broad SMARTS) is 1. The van der Waals surface area contributed by atoms with Gasteiger partial charge in [-0.1, -0.05) is 18.2 Å². The van der Waals surface area contributed by atoms with Gasteiger partial charge < -0.3 is 10.4 Å². The summed E-state index contributed by atoms with van der Waals surface area (Å²) in [6.07, 6.45) is 1.46. The van der Waals surface area contributed by atoms with Gasteiger partial charge in [-0.15, -0.1) is 0 Å². The fraction of sp³-hybridized carbons (Fsp3) is 0.263. The second-order valence-electron chi connectivity index (χ2n) is 6.28. The number of carbonyl (C=O) groups excluding carboxylic acids is 1. The summed E-state index contributed by atoms with van der Waals surface area (Å²) in [6, 6.07) is 10.1. The number of benzene rings is 2. The predicted octanol–water partition coefficient (Wildman–Crippen LogP) is 3.27. The van der Waals surface area contributed by atoms with Gasteiger partial charge in [0, 0.05) is 6.04 Å². The Bertz CT molecular complexity index is 816. The van der Waals surface area contributed by atoms with Crippen molar-refractivity contribution in [1.82, 2.24) is 5.32 Å². The zero-order chi connectivity index (χ0) is 18.0. The third-order valence-corrected chi connectivity index (χ3v) is 4.45. The van der Waals surface area contributed by atoms with Crippen LogP contribution < -0.4 is 5.32 Å². The Balaban J connectivity index is 1.51. The van der Waals surface area contributed by atoms with E-state index in [1.807, 2.05) is 6.07 Å². The largest absolute Gasteiger partial charge is 0.478 e. The highest BCUT2D eigenvalue weighted by Gasteiger charge is 2.31. The van der Waals surface area contributed by atoms with Crippen molar-refractivity contribution >= 4 is 11.9 Å². The molecule has 1 aliphatic carbocycles. The van der Waals surface area contributed by atoms with Crippen LogP contribution in [-0.2, 0) is 11.2 Å². The molecule has 1 saturated carbocycles. The van der Waals surface area contributed by atoms with Gasteiger partial charge in [0.15, 0.2) is 0 Å². The molecule has 0 aliphatic heterocycles. The number of hydrogen-bond acceptors (Lipinski definition) is 2. The van der Waals surface area contributed by atoms with Gasteiger partial charge in [0.25, 0.3) is 0 Å². The van der Waals surface area contributed by atoms with Crippen LogP contribution in [0.4, 0.5) is 8.78 Å². The molecule has 0 bridgehead atoms. The van der Waals surface area contributed by atoms with Gasteiger partial charge in [-0.3, -0.25) is 4.79 Å². The molecule has 0 aromatic heterocycles. The molecular weight excluding hydrogens is 328 g/mol. The predicted molar refractivity (Wildman–Crippen MR) is 87.4 cm³/mol. The first kappa shape index (κ1) is 17.1. The van der Waals surface area contributed by atoms with Crippen molar-refractivity contribution in [2.24, 2.45) is 0 Å². The lowest BCUT2D eigenvalue weighted by Gasteiger charge is -2.36. The topological polar surface area (TPSA) is 66.4 Å². The third-order valence-electron chi connectivity index (χ3n) is 4.45. The Hall–Kier alpha value is -2.76. The molecule has 1 fully saturated rings. The third kappa shape index (κ3) is 4.02. The highest BCUT2D eigenvalue weighted by molar-refractivity contribution is 5.88. The van der Waals surface area contributed by atoms with Crippen molar-refractivity contribution in [3.63, 3.8) is 0 Å². The Labute approximate surface area is 143 Å². The summed E-state index contributed by atoms with van der Waals surface area (Å²) in [7, 11) is 0.